The third-order valence-corrected chi connectivity index (χ3v) is 12.1. The van der Waals surface area contributed by atoms with E-state index in [2.05, 4.69) is 48.6 Å². The molecule has 0 aromatic carbocycles. The summed E-state index contributed by atoms with van der Waals surface area (Å²) in [5.41, 5.74) is -1.51. The van der Waals surface area contributed by atoms with Crippen molar-refractivity contribution >= 4 is 29.5 Å². The normalized spacial score (nSPS) is 26.1. The molecule has 3 aliphatic carbocycles. The first-order chi connectivity index (χ1) is 23.5. The van der Waals surface area contributed by atoms with Gasteiger partial charge in [0.25, 0.3) is 5.91 Å². The fraction of sp³-hybridized carbons (Fsp3) is 0.821. The number of Topliss-reactive ketones (excluding diaryl/α,β-unsaturated/α-hetero) is 1. The Labute approximate surface area is 300 Å². The van der Waals surface area contributed by atoms with Gasteiger partial charge in [-0.15, -0.1) is 6.58 Å². The Morgan fingerprint density at radius 2 is 1.56 bits per heavy atom. The van der Waals surface area contributed by atoms with Gasteiger partial charge in [0.1, 0.15) is 12.1 Å². The van der Waals surface area contributed by atoms with Gasteiger partial charge >= 0.3 is 6.03 Å². The number of carbonyl (C=O) groups excluding carboxylic acids is 5. The Morgan fingerprint density at radius 1 is 0.940 bits per heavy atom. The second-order valence-electron chi connectivity index (χ2n) is 17.4. The highest BCUT2D eigenvalue weighted by atomic mass is 16.5. The van der Waals surface area contributed by atoms with E-state index in [4.69, 9.17) is 4.74 Å². The van der Waals surface area contributed by atoms with Gasteiger partial charge in [-0.05, 0) is 75.5 Å². The smallest absolute Gasteiger partial charge is 0.315 e. The molecule has 4 rings (SSSR count). The van der Waals surface area contributed by atoms with Crippen molar-refractivity contribution in [2.45, 2.75) is 161 Å². The van der Waals surface area contributed by atoms with Gasteiger partial charge < -0.3 is 30.9 Å². The van der Waals surface area contributed by atoms with Gasteiger partial charge in [-0.25, -0.2) is 4.79 Å². The van der Waals surface area contributed by atoms with Crippen LogP contribution >= 0.6 is 0 Å². The molecule has 50 heavy (non-hydrogen) atoms. The molecule has 4 fully saturated rings. The molecule has 5 atom stereocenters. The number of ketones is 1. The van der Waals surface area contributed by atoms with Crippen LogP contribution < -0.4 is 21.3 Å². The first kappa shape index (κ1) is 39.8. The molecule has 282 valence electrons. The molecule has 0 radical (unpaired) electrons. The second-order valence-corrected chi connectivity index (χ2v) is 17.4. The van der Waals surface area contributed by atoms with E-state index in [0.29, 0.717) is 26.0 Å². The molecule has 0 aromatic heterocycles. The van der Waals surface area contributed by atoms with E-state index >= 15 is 0 Å². The van der Waals surface area contributed by atoms with Crippen LogP contribution in [-0.2, 0) is 23.9 Å². The van der Waals surface area contributed by atoms with E-state index < -0.39 is 46.7 Å². The molecule has 1 unspecified atom stereocenters. The average molecular weight is 700 g/mol. The van der Waals surface area contributed by atoms with Crippen molar-refractivity contribution < 1.29 is 28.7 Å². The highest BCUT2D eigenvalue weighted by Crippen LogP contribution is 2.65. The number of nitrogens with zero attached hydrogens (tertiary/aromatic N) is 1. The number of hydrogen-bond donors (Lipinski definition) is 4. The lowest BCUT2D eigenvalue weighted by atomic mass is 9.70. The number of rotatable bonds is 15. The molecule has 1 heterocycles. The van der Waals surface area contributed by atoms with Crippen molar-refractivity contribution in [3.8, 4) is 0 Å². The minimum Gasteiger partial charge on any atom is -0.373 e. The van der Waals surface area contributed by atoms with Crippen molar-refractivity contribution in [1.82, 2.24) is 26.2 Å². The summed E-state index contributed by atoms with van der Waals surface area (Å²) in [5, 5.41) is 11.9. The van der Waals surface area contributed by atoms with Crippen LogP contribution in [0.2, 0.25) is 0 Å². The minimum atomic E-state index is -0.998. The number of piperidine rings is 1. The maximum atomic E-state index is 14.9. The van der Waals surface area contributed by atoms with Crippen LogP contribution in [0.3, 0.4) is 0 Å². The summed E-state index contributed by atoms with van der Waals surface area (Å²) in [4.78, 5) is 70.6. The van der Waals surface area contributed by atoms with Gasteiger partial charge in [0.15, 0.2) is 0 Å². The first-order valence-electron chi connectivity index (χ1n) is 19.2. The van der Waals surface area contributed by atoms with Crippen molar-refractivity contribution in [3.05, 3.63) is 12.7 Å². The first-order valence-corrected chi connectivity index (χ1v) is 19.2. The molecule has 3 saturated carbocycles. The molecular weight excluding hydrogens is 634 g/mol. The van der Waals surface area contributed by atoms with Crippen LogP contribution in [0.15, 0.2) is 12.7 Å². The Kier molecular flexibility index (Phi) is 12.9. The largest absolute Gasteiger partial charge is 0.373 e. The Hall–Kier alpha value is -2.95. The van der Waals surface area contributed by atoms with Gasteiger partial charge in [0, 0.05) is 13.1 Å². The van der Waals surface area contributed by atoms with Gasteiger partial charge in [0.2, 0.25) is 17.6 Å². The number of unbranched alkanes of at least 4 members (excludes halogenated alkanes) is 1. The van der Waals surface area contributed by atoms with Crippen molar-refractivity contribution in [2.24, 2.45) is 22.7 Å². The third kappa shape index (κ3) is 9.28. The lowest BCUT2D eigenvalue weighted by molar-refractivity contribution is -0.146. The van der Waals surface area contributed by atoms with Gasteiger partial charge in [0.05, 0.1) is 23.8 Å². The number of nitrogens with one attached hydrogen (secondary N) is 4. The van der Waals surface area contributed by atoms with Crippen molar-refractivity contribution in [3.63, 3.8) is 0 Å². The van der Waals surface area contributed by atoms with Crippen LogP contribution in [0.1, 0.15) is 132 Å². The summed E-state index contributed by atoms with van der Waals surface area (Å²) in [6, 6.07) is -3.01. The summed E-state index contributed by atoms with van der Waals surface area (Å²) >= 11 is 0. The number of hydrogen-bond acceptors (Lipinski definition) is 6. The predicted molar refractivity (Wildman–Crippen MR) is 194 cm³/mol. The van der Waals surface area contributed by atoms with Crippen LogP contribution in [0, 0.1) is 22.7 Å². The molecule has 5 amide bonds. The van der Waals surface area contributed by atoms with Crippen molar-refractivity contribution in [2.75, 3.05) is 19.7 Å². The average Bonchev–Trinajstić information content (AvgIpc) is 3.37. The molecule has 0 aromatic rings. The summed E-state index contributed by atoms with van der Waals surface area (Å²) in [6.45, 7) is 18.9. The summed E-state index contributed by atoms with van der Waals surface area (Å²) in [5.74, 6) is -2.10. The van der Waals surface area contributed by atoms with Crippen LogP contribution in [0.4, 0.5) is 4.79 Å². The fourth-order valence-corrected chi connectivity index (χ4v) is 8.80. The Morgan fingerprint density at radius 3 is 2.14 bits per heavy atom. The SMILES string of the molecule is C=CCNC(=O)C(=O)C(CCCC)NC(=O)[C@@H]1[C@@H]2[C@H](CN1C(=O)[C@@H](NC(=O)NC1(COC(C)(C)C)CCCCC1)C1(C)CCCCC1)C2(C)C. The fourth-order valence-electron chi connectivity index (χ4n) is 8.80. The minimum absolute atomic E-state index is 0.0864. The van der Waals surface area contributed by atoms with Gasteiger partial charge in [-0.3, -0.25) is 19.2 Å². The van der Waals surface area contributed by atoms with Crippen LogP contribution in [-0.4, -0.2) is 83.4 Å². The zero-order valence-electron chi connectivity index (χ0n) is 31.9. The maximum absolute atomic E-state index is 14.9. The zero-order chi connectivity index (χ0) is 36.9. The van der Waals surface area contributed by atoms with Crippen LogP contribution in [0.5, 0.6) is 0 Å². The molecule has 11 nitrogen and oxygen atoms in total. The molecule has 4 aliphatic rings. The van der Waals surface area contributed by atoms with E-state index in [0.717, 1.165) is 70.6 Å². The van der Waals surface area contributed by atoms with Crippen LogP contribution in [0.25, 0.3) is 0 Å². The summed E-state index contributed by atoms with van der Waals surface area (Å²) in [6.07, 6.45) is 12.6. The third-order valence-electron chi connectivity index (χ3n) is 12.1. The lowest BCUT2D eigenvalue weighted by Crippen LogP contribution is -2.64. The van der Waals surface area contributed by atoms with E-state index in [-0.39, 0.29) is 41.3 Å². The number of urea groups is 1. The quantitative estimate of drug-likeness (QED) is 0.137. The summed E-state index contributed by atoms with van der Waals surface area (Å²) in [7, 11) is 0. The second kappa shape index (κ2) is 16.2. The maximum Gasteiger partial charge on any atom is 0.315 e. The van der Waals surface area contributed by atoms with Crippen molar-refractivity contribution in [1.29, 1.82) is 0 Å². The highest BCUT2D eigenvalue weighted by Gasteiger charge is 2.70. The molecule has 0 spiro atoms. The molecule has 1 aliphatic heterocycles. The lowest BCUT2D eigenvalue weighted by Gasteiger charge is -2.44. The monoisotopic (exact) mass is 699 g/mol. The highest BCUT2D eigenvalue weighted by molar-refractivity contribution is 6.38. The zero-order valence-corrected chi connectivity index (χ0v) is 31.9. The predicted octanol–water partition coefficient (Wildman–Crippen LogP) is 5.17. The number of fused-ring (bicyclic) bond motifs is 1. The molecule has 4 N–H and O–H groups in total. The number of amides is 5. The standard InChI is InChI=1S/C39H65N5O6/c1-9-11-18-27(30(45)33(47)40-23-10-2)41-32(46)29-28-26(37(28,6)7)24-44(29)34(48)31(38(8)19-14-12-15-20-38)42-35(49)43-39(21-16-13-17-22-39)25-50-36(3,4)5/h10,26-29,31H,2,9,11-25H2,1,3-8H3,(H,40,47)(H,41,46)(H2,42,43,49)/t26-,27?,28-,29-,31+/m0/s1. The summed E-state index contributed by atoms with van der Waals surface area (Å²) < 4.78 is 6.21. The van der Waals surface area contributed by atoms with E-state index in [9.17, 15) is 24.0 Å². The Bertz CT molecular complexity index is 1260. The van der Waals surface area contributed by atoms with E-state index in [1.807, 2.05) is 27.7 Å². The molecule has 11 heteroatoms. The molecule has 0 bridgehead atoms. The Balaban J connectivity index is 1.59. The number of carbonyl (C=O) groups is 5. The van der Waals surface area contributed by atoms with E-state index in [1.54, 1.807) is 4.90 Å². The molecular formula is C39H65N5O6. The number of ether oxygens (including phenoxy) is 1. The van der Waals surface area contributed by atoms with Gasteiger partial charge in [-0.1, -0.05) is 85.1 Å². The van der Waals surface area contributed by atoms with Gasteiger partial charge in [-0.2, -0.15) is 0 Å². The van der Waals surface area contributed by atoms with E-state index in [1.165, 1.54) is 6.08 Å². The topological polar surface area (TPSA) is 146 Å². The number of likely N-dealkylation sites (tertiary alicyclic amines) is 1. The molecule has 1 saturated heterocycles.